The van der Waals surface area contributed by atoms with Gasteiger partial charge in [-0.3, -0.25) is 9.59 Å². The Kier molecular flexibility index (Phi) is 46.8. The van der Waals surface area contributed by atoms with Crippen molar-refractivity contribution in [3.8, 4) is 0 Å². The van der Waals surface area contributed by atoms with Crippen LogP contribution in [0.25, 0.3) is 0 Å². The summed E-state index contributed by atoms with van der Waals surface area (Å²) in [7, 11) is 0. The number of nitrogens with one attached hydrogen (secondary N) is 1. The van der Waals surface area contributed by atoms with Crippen LogP contribution < -0.4 is 5.32 Å². The molecule has 0 saturated heterocycles. The van der Waals surface area contributed by atoms with Crippen molar-refractivity contribution in [2.45, 2.75) is 232 Å². The molecule has 0 saturated carbocycles. The molecule has 0 spiro atoms. The Morgan fingerprint density at radius 3 is 1.32 bits per heavy atom. The average Bonchev–Trinajstić information content (AvgIpc) is 3.28. The number of unbranched alkanes of at least 4 members (excludes halogenated alkanes) is 14. The van der Waals surface area contributed by atoms with Crippen molar-refractivity contribution in [3.63, 3.8) is 0 Å². The van der Waals surface area contributed by atoms with Crippen LogP contribution in [0, 0.1) is 0 Å². The highest BCUT2D eigenvalue weighted by atomic mass is 16.5. The maximum Gasteiger partial charge on any atom is 0.306 e. The van der Waals surface area contributed by atoms with Gasteiger partial charge in [-0.1, -0.05) is 207 Å². The summed E-state index contributed by atoms with van der Waals surface area (Å²) in [4.78, 5) is 26.1. The third-order valence-corrected chi connectivity index (χ3v) is 10.8. The molecule has 0 aromatic heterocycles. The monoisotopic (exact) mass is 874 g/mol. The molecule has 0 heterocycles. The van der Waals surface area contributed by atoms with Crippen LogP contribution in [-0.2, 0) is 14.3 Å². The Morgan fingerprint density at radius 1 is 0.476 bits per heavy atom. The summed E-state index contributed by atoms with van der Waals surface area (Å²) < 4.78 is 5.87. The minimum Gasteiger partial charge on any atom is -0.462 e. The van der Waals surface area contributed by atoms with Crippen molar-refractivity contribution in [3.05, 3.63) is 109 Å². The zero-order valence-corrected chi connectivity index (χ0v) is 40.7. The first-order chi connectivity index (χ1) is 31.0. The molecule has 0 aromatic rings. The van der Waals surface area contributed by atoms with Crippen molar-refractivity contribution in [2.75, 3.05) is 6.61 Å². The van der Waals surface area contributed by atoms with E-state index in [0.717, 1.165) is 89.9 Å². The smallest absolute Gasteiger partial charge is 0.306 e. The minimum absolute atomic E-state index is 0.0147. The van der Waals surface area contributed by atoms with Gasteiger partial charge in [0, 0.05) is 6.42 Å². The van der Waals surface area contributed by atoms with E-state index >= 15 is 0 Å². The largest absolute Gasteiger partial charge is 0.462 e. The molecule has 3 atom stereocenters. The fourth-order valence-electron chi connectivity index (χ4n) is 6.99. The molecule has 1 amide bonds. The second-order valence-corrected chi connectivity index (χ2v) is 16.8. The molecule has 3 unspecified atom stereocenters. The van der Waals surface area contributed by atoms with E-state index in [1.165, 1.54) is 70.6 Å². The van der Waals surface area contributed by atoms with Crippen molar-refractivity contribution in [1.29, 1.82) is 0 Å². The van der Waals surface area contributed by atoms with E-state index in [-0.39, 0.29) is 31.3 Å². The normalized spacial score (nSPS) is 14.2. The molecular weight excluding hydrogens is 779 g/mol. The number of carbonyl (C=O) groups excluding carboxylic acids is 2. The van der Waals surface area contributed by atoms with Crippen LogP contribution in [0.5, 0.6) is 0 Å². The molecule has 6 heteroatoms. The number of hydrogen-bond donors (Lipinski definition) is 3. The van der Waals surface area contributed by atoms with Crippen LogP contribution in [0.2, 0.25) is 0 Å². The Balaban J connectivity index is 4.80. The quantitative estimate of drug-likeness (QED) is 0.0322. The molecular formula is C57H95NO5. The Labute approximate surface area is 388 Å². The molecule has 0 fully saturated rings. The highest BCUT2D eigenvalue weighted by molar-refractivity contribution is 5.77. The van der Waals surface area contributed by atoms with Crippen molar-refractivity contribution >= 4 is 11.9 Å². The Morgan fingerprint density at radius 2 is 0.857 bits per heavy atom. The highest BCUT2D eigenvalue weighted by Crippen LogP contribution is 2.16. The molecule has 0 bridgehead atoms. The summed E-state index contributed by atoms with van der Waals surface area (Å²) >= 11 is 0. The predicted molar refractivity (Wildman–Crippen MR) is 273 cm³/mol. The van der Waals surface area contributed by atoms with Gasteiger partial charge >= 0.3 is 5.97 Å². The van der Waals surface area contributed by atoms with Gasteiger partial charge in [0.05, 0.1) is 25.2 Å². The molecule has 0 aliphatic rings. The van der Waals surface area contributed by atoms with E-state index in [2.05, 4.69) is 129 Å². The van der Waals surface area contributed by atoms with E-state index in [1.807, 2.05) is 6.08 Å². The number of aliphatic hydroxyl groups excluding tert-OH is 2. The van der Waals surface area contributed by atoms with Gasteiger partial charge in [0.25, 0.3) is 0 Å². The molecule has 0 aliphatic heterocycles. The first-order valence-corrected chi connectivity index (χ1v) is 25.6. The van der Waals surface area contributed by atoms with Crippen LogP contribution in [0.15, 0.2) is 109 Å². The van der Waals surface area contributed by atoms with Crippen molar-refractivity contribution in [1.82, 2.24) is 5.32 Å². The second kappa shape index (κ2) is 49.5. The van der Waals surface area contributed by atoms with Crippen molar-refractivity contribution < 1.29 is 24.5 Å². The molecule has 6 nitrogen and oxygen atoms in total. The number of hydrogen-bond acceptors (Lipinski definition) is 5. The maximum atomic E-state index is 13.2. The lowest BCUT2D eigenvalue weighted by Gasteiger charge is -2.24. The predicted octanol–water partition coefficient (Wildman–Crippen LogP) is 15.5. The van der Waals surface area contributed by atoms with Gasteiger partial charge in [0.2, 0.25) is 5.91 Å². The number of aliphatic hydroxyl groups is 2. The zero-order valence-electron chi connectivity index (χ0n) is 40.7. The van der Waals surface area contributed by atoms with E-state index in [4.69, 9.17) is 4.74 Å². The van der Waals surface area contributed by atoms with Crippen LogP contribution in [0.4, 0.5) is 0 Å². The summed E-state index contributed by atoms with van der Waals surface area (Å²) in [5.74, 6) is -0.622. The number of allylic oxidation sites excluding steroid dienone is 18. The second-order valence-electron chi connectivity index (χ2n) is 16.8. The van der Waals surface area contributed by atoms with Gasteiger partial charge in [0.15, 0.2) is 0 Å². The number of amides is 1. The van der Waals surface area contributed by atoms with Crippen LogP contribution in [-0.4, -0.2) is 46.9 Å². The lowest BCUT2D eigenvalue weighted by atomic mass is 10.0. The molecule has 0 aliphatic carbocycles. The van der Waals surface area contributed by atoms with Crippen LogP contribution in [0.3, 0.4) is 0 Å². The molecule has 0 radical (unpaired) electrons. The molecule has 0 aromatic carbocycles. The van der Waals surface area contributed by atoms with Crippen LogP contribution >= 0.6 is 0 Å². The highest BCUT2D eigenvalue weighted by Gasteiger charge is 2.24. The fraction of sp³-hybridized carbons (Fsp3) is 0.649. The Bertz CT molecular complexity index is 1300. The summed E-state index contributed by atoms with van der Waals surface area (Å²) in [6.07, 6.45) is 67.3. The van der Waals surface area contributed by atoms with Gasteiger partial charge in [-0.2, -0.15) is 0 Å². The summed E-state index contributed by atoms with van der Waals surface area (Å²) in [6.45, 7) is 6.29. The summed E-state index contributed by atoms with van der Waals surface area (Å²) in [6, 6.07) is -0.735. The van der Waals surface area contributed by atoms with Crippen LogP contribution in [0.1, 0.15) is 213 Å². The number of carbonyl (C=O) groups is 2. The van der Waals surface area contributed by atoms with Gasteiger partial charge in [0.1, 0.15) is 6.10 Å². The SMILES string of the molecule is CC/C=C\C/C=C\C/C=C\C/C=C\C/C=C\C/C=C\CCC(=O)OC(CCCC/C=C\C/C=C\C/C=C\CCCCC)CC(=O)NC(CO)C(O)CCCCCCCCCCCC. The number of rotatable bonds is 44. The third kappa shape index (κ3) is 44.9. The average molecular weight is 874 g/mol. The van der Waals surface area contributed by atoms with E-state index in [1.54, 1.807) is 0 Å². The maximum absolute atomic E-state index is 13.2. The summed E-state index contributed by atoms with van der Waals surface area (Å²) in [5, 5.41) is 23.7. The zero-order chi connectivity index (χ0) is 45.9. The standard InChI is InChI=1S/C57H95NO5/c1-4-7-10-13-16-19-22-24-26-27-28-29-31-33-35-38-41-44-47-50-57(62)63-53(48-45-42-39-36-34-32-30-25-23-20-17-14-11-8-5-2)51-56(61)58-54(52-59)55(60)49-46-43-40-37-21-18-15-12-9-6-3/h7,10,16-17,19-20,24-26,28-30,33-36,41,44,53-55,59-60H,4-6,8-9,11-15,18,21-23,27,31-32,37-40,42-43,45-52H2,1-3H3,(H,58,61)/b10-7-,19-16-,20-17-,26-24-,29-28-,30-25-,35-33-,36-34-,44-41-. The van der Waals surface area contributed by atoms with Gasteiger partial charge in [-0.25, -0.2) is 0 Å². The molecule has 3 N–H and O–H groups in total. The van der Waals surface area contributed by atoms with Gasteiger partial charge in [-0.15, -0.1) is 0 Å². The van der Waals surface area contributed by atoms with E-state index < -0.39 is 18.2 Å². The van der Waals surface area contributed by atoms with E-state index in [9.17, 15) is 19.8 Å². The lowest BCUT2D eigenvalue weighted by Crippen LogP contribution is -2.46. The lowest BCUT2D eigenvalue weighted by molar-refractivity contribution is -0.150. The van der Waals surface area contributed by atoms with Gasteiger partial charge < -0.3 is 20.3 Å². The summed E-state index contributed by atoms with van der Waals surface area (Å²) in [5.41, 5.74) is 0. The van der Waals surface area contributed by atoms with E-state index in [0.29, 0.717) is 19.3 Å². The van der Waals surface area contributed by atoms with Crippen molar-refractivity contribution in [2.24, 2.45) is 0 Å². The first-order valence-electron chi connectivity index (χ1n) is 25.6. The Hall–Kier alpha value is -3.48. The third-order valence-electron chi connectivity index (χ3n) is 10.8. The minimum atomic E-state index is -0.816. The van der Waals surface area contributed by atoms with Gasteiger partial charge in [-0.05, 0) is 103 Å². The molecule has 358 valence electrons. The number of esters is 1. The molecule has 63 heavy (non-hydrogen) atoms. The molecule has 0 rings (SSSR count). The fourth-order valence-corrected chi connectivity index (χ4v) is 6.99. The number of ether oxygens (including phenoxy) is 1. The topological polar surface area (TPSA) is 95.9 Å². The first kappa shape index (κ1) is 59.5.